The van der Waals surface area contributed by atoms with Crippen LogP contribution in [0.15, 0.2) is 35.7 Å². The van der Waals surface area contributed by atoms with E-state index in [1.54, 1.807) is 6.33 Å². The number of amides is 1. The maximum atomic E-state index is 12.4. The van der Waals surface area contributed by atoms with Crippen LogP contribution in [0.5, 0.6) is 0 Å². The van der Waals surface area contributed by atoms with Gasteiger partial charge in [-0.15, -0.1) is 10.2 Å². The number of aliphatic carboxylic acids is 1. The van der Waals surface area contributed by atoms with Crippen molar-refractivity contribution in [1.82, 2.24) is 19.7 Å². The molecule has 9 heteroatoms. The van der Waals surface area contributed by atoms with Gasteiger partial charge in [0.15, 0.2) is 11.3 Å². The van der Waals surface area contributed by atoms with E-state index in [9.17, 15) is 9.59 Å². The molecule has 0 saturated carbocycles. The molecular weight excluding hydrogens is 344 g/mol. The van der Waals surface area contributed by atoms with E-state index in [-0.39, 0.29) is 24.8 Å². The number of aryl methyl sites for hydroxylation is 1. The highest BCUT2D eigenvalue weighted by atomic mass is 32.2. The smallest absolute Gasteiger partial charge is 0.334 e. The quantitative estimate of drug-likeness (QED) is 0.792. The number of carboxylic acids is 1. The second-order valence-corrected chi connectivity index (χ2v) is 6.59. The van der Waals surface area contributed by atoms with E-state index in [1.807, 2.05) is 35.8 Å². The third-order valence-corrected chi connectivity index (χ3v) is 4.78. The van der Waals surface area contributed by atoms with Gasteiger partial charge in [-0.1, -0.05) is 29.5 Å². The lowest BCUT2D eigenvalue weighted by Crippen LogP contribution is -2.49. The van der Waals surface area contributed by atoms with Crippen LogP contribution in [0.2, 0.25) is 0 Å². The normalized spacial score (nSPS) is 17.5. The van der Waals surface area contributed by atoms with Crippen molar-refractivity contribution < 1.29 is 19.4 Å². The summed E-state index contributed by atoms with van der Waals surface area (Å²) in [4.78, 5) is 24.9. The van der Waals surface area contributed by atoms with Crippen LogP contribution in [0.4, 0.5) is 0 Å². The fraction of sp³-hybridized carbons (Fsp3) is 0.375. The van der Waals surface area contributed by atoms with Crippen LogP contribution >= 0.6 is 11.8 Å². The maximum absolute atomic E-state index is 12.4. The minimum Gasteiger partial charge on any atom is -0.479 e. The summed E-state index contributed by atoms with van der Waals surface area (Å²) in [7, 11) is 0. The minimum atomic E-state index is -1.05. The SMILES string of the molecule is Cc1ccc(-n2cnnc2SCC(=O)N2CCOC(C(=O)O)C2)cc1. The number of ether oxygens (including phenoxy) is 1. The number of benzene rings is 1. The van der Waals surface area contributed by atoms with Crippen molar-refractivity contribution in [2.45, 2.75) is 18.2 Å². The molecule has 2 aromatic rings. The Bertz CT molecular complexity index is 762. The van der Waals surface area contributed by atoms with Crippen LogP contribution in [0.25, 0.3) is 5.69 Å². The minimum absolute atomic E-state index is 0.0688. The third kappa shape index (κ3) is 4.18. The molecule has 1 atom stereocenters. The molecule has 2 heterocycles. The van der Waals surface area contributed by atoms with Crippen LogP contribution in [-0.2, 0) is 14.3 Å². The Morgan fingerprint density at radius 1 is 1.36 bits per heavy atom. The van der Waals surface area contributed by atoms with E-state index in [0.29, 0.717) is 11.7 Å². The topological polar surface area (TPSA) is 97.5 Å². The molecule has 8 nitrogen and oxygen atoms in total. The fourth-order valence-electron chi connectivity index (χ4n) is 2.45. The molecule has 1 saturated heterocycles. The molecule has 132 valence electrons. The Balaban J connectivity index is 1.62. The summed E-state index contributed by atoms with van der Waals surface area (Å²) in [6, 6.07) is 7.91. The maximum Gasteiger partial charge on any atom is 0.334 e. The molecule has 1 fully saturated rings. The Morgan fingerprint density at radius 2 is 2.12 bits per heavy atom. The van der Waals surface area contributed by atoms with Gasteiger partial charge in [0.05, 0.1) is 18.9 Å². The number of morpholine rings is 1. The van der Waals surface area contributed by atoms with Crippen LogP contribution in [0.3, 0.4) is 0 Å². The molecule has 1 aromatic heterocycles. The summed E-state index contributed by atoms with van der Waals surface area (Å²) < 4.78 is 6.95. The van der Waals surface area contributed by atoms with E-state index in [4.69, 9.17) is 9.84 Å². The van der Waals surface area contributed by atoms with E-state index in [0.717, 1.165) is 11.3 Å². The van der Waals surface area contributed by atoms with Crippen LogP contribution in [0, 0.1) is 6.92 Å². The molecule has 0 radical (unpaired) electrons. The Labute approximate surface area is 148 Å². The molecule has 1 amide bonds. The number of carboxylic acid groups (broad SMARTS) is 1. The van der Waals surface area contributed by atoms with Crippen LogP contribution in [-0.4, -0.2) is 68.2 Å². The van der Waals surface area contributed by atoms with Crippen molar-refractivity contribution in [2.24, 2.45) is 0 Å². The molecule has 1 aliphatic rings. The summed E-state index contributed by atoms with van der Waals surface area (Å²) in [6.45, 7) is 2.71. The first kappa shape index (κ1) is 17.4. The molecule has 25 heavy (non-hydrogen) atoms. The second-order valence-electron chi connectivity index (χ2n) is 5.65. The van der Waals surface area contributed by atoms with Gasteiger partial charge in [-0.05, 0) is 19.1 Å². The van der Waals surface area contributed by atoms with Crippen molar-refractivity contribution in [3.05, 3.63) is 36.2 Å². The van der Waals surface area contributed by atoms with Crippen molar-refractivity contribution in [1.29, 1.82) is 0 Å². The van der Waals surface area contributed by atoms with Crippen molar-refractivity contribution in [3.63, 3.8) is 0 Å². The Hall–Kier alpha value is -2.39. The molecule has 0 spiro atoms. The Morgan fingerprint density at radius 3 is 2.84 bits per heavy atom. The standard InChI is InChI=1S/C16H18N4O4S/c1-11-2-4-12(5-3-11)20-10-17-18-16(20)25-9-14(21)19-6-7-24-13(8-19)15(22)23/h2-5,10,13H,6-9H2,1H3,(H,22,23). The van der Waals surface area contributed by atoms with E-state index >= 15 is 0 Å². The van der Waals surface area contributed by atoms with Crippen LogP contribution in [0.1, 0.15) is 5.56 Å². The average Bonchev–Trinajstić information content (AvgIpc) is 3.09. The predicted octanol–water partition coefficient (Wildman–Crippen LogP) is 0.980. The number of carbonyl (C=O) groups excluding carboxylic acids is 1. The summed E-state index contributed by atoms with van der Waals surface area (Å²) in [5.41, 5.74) is 2.07. The van der Waals surface area contributed by atoms with Crippen molar-refractivity contribution >= 4 is 23.6 Å². The second kappa shape index (κ2) is 7.66. The Kier molecular flexibility index (Phi) is 5.34. The number of nitrogens with zero attached hydrogens (tertiary/aromatic N) is 4. The molecule has 0 bridgehead atoms. The summed E-state index contributed by atoms with van der Waals surface area (Å²) in [5, 5.41) is 17.6. The molecule has 1 aliphatic heterocycles. The monoisotopic (exact) mass is 362 g/mol. The van der Waals surface area contributed by atoms with Gasteiger partial charge < -0.3 is 14.7 Å². The average molecular weight is 362 g/mol. The number of hydrogen-bond acceptors (Lipinski definition) is 6. The highest BCUT2D eigenvalue weighted by Gasteiger charge is 2.29. The van der Waals surface area contributed by atoms with E-state index < -0.39 is 12.1 Å². The third-order valence-electron chi connectivity index (χ3n) is 3.85. The lowest BCUT2D eigenvalue weighted by Gasteiger charge is -2.30. The van der Waals surface area contributed by atoms with Gasteiger partial charge in [0.1, 0.15) is 6.33 Å². The van der Waals surface area contributed by atoms with E-state index in [2.05, 4.69) is 10.2 Å². The van der Waals surface area contributed by atoms with Gasteiger partial charge >= 0.3 is 5.97 Å². The zero-order chi connectivity index (χ0) is 17.8. The van der Waals surface area contributed by atoms with Crippen molar-refractivity contribution in [2.75, 3.05) is 25.4 Å². The molecule has 1 N–H and O–H groups in total. The molecule has 1 unspecified atom stereocenters. The molecule has 0 aliphatic carbocycles. The van der Waals surface area contributed by atoms with Crippen molar-refractivity contribution in [3.8, 4) is 5.69 Å². The number of hydrogen-bond donors (Lipinski definition) is 1. The lowest BCUT2D eigenvalue weighted by molar-refractivity contribution is -0.158. The highest BCUT2D eigenvalue weighted by molar-refractivity contribution is 7.99. The summed E-state index contributed by atoms with van der Waals surface area (Å²) in [5.74, 6) is -1.03. The molecular formula is C16H18N4O4S. The first-order valence-corrected chi connectivity index (χ1v) is 8.75. The van der Waals surface area contributed by atoms with Gasteiger partial charge in [-0.2, -0.15) is 0 Å². The summed E-state index contributed by atoms with van der Waals surface area (Å²) in [6.07, 6.45) is 0.644. The predicted molar refractivity (Wildman–Crippen MR) is 90.8 cm³/mol. The number of rotatable bonds is 5. The fourth-order valence-corrected chi connectivity index (χ4v) is 3.28. The zero-order valence-electron chi connectivity index (χ0n) is 13.7. The van der Waals surface area contributed by atoms with Gasteiger partial charge in [-0.3, -0.25) is 9.36 Å². The zero-order valence-corrected chi connectivity index (χ0v) is 14.5. The number of aromatic nitrogens is 3. The molecule has 1 aromatic carbocycles. The van der Waals surface area contributed by atoms with Crippen LogP contribution < -0.4 is 0 Å². The lowest BCUT2D eigenvalue weighted by atomic mass is 10.2. The first-order chi connectivity index (χ1) is 12.0. The first-order valence-electron chi connectivity index (χ1n) is 7.76. The number of carbonyl (C=O) groups is 2. The molecule has 3 rings (SSSR count). The van der Waals surface area contributed by atoms with Gasteiger partial charge in [0.25, 0.3) is 0 Å². The van der Waals surface area contributed by atoms with E-state index in [1.165, 1.54) is 16.7 Å². The number of thioether (sulfide) groups is 1. The van der Waals surface area contributed by atoms with Gasteiger partial charge in [0, 0.05) is 12.2 Å². The highest BCUT2D eigenvalue weighted by Crippen LogP contribution is 2.20. The largest absolute Gasteiger partial charge is 0.479 e. The summed E-state index contributed by atoms with van der Waals surface area (Å²) >= 11 is 1.27. The van der Waals surface area contributed by atoms with Gasteiger partial charge in [-0.25, -0.2) is 4.79 Å². The van der Waals surface area contributed by atoms with Gasteiger partial charge in [0.2, 0.25) is 5.91 Å².